The first-order valence-corrected chi connectivity index (χ1v) is 8.65. The van der Waals surface area contributed by atoms with E-state index >= 15 is 0 Å². The molecule has 1 aromatic carbocycles. The Bertz CT molecular complexity index is 755. The standard InChI is InChI=1S/C18H24N6O2/c1-12(11-25)21-17-20-9-14-7-8-24(10-15(14)22-17)18(26)23-16(19)13-5-3-2-4-6-13/h2-6,9,12,16,25H,7-8,10-11,19H2,1H3,(H,23,26)(H,20,21,22)/t12-,16-/m0/s1. The highest BCUT2D eigenvalue weighted by Gasteiger charge is 2.24. The number of hydrogen-bond donors (Lipinski definition) is 4. The van der Waals surface area contributed by atoms with Crippen molar-refractivity contribution in [3.63, 3.8) is 0 Å². The van der Waals surface area contributed by atoms with Crippen molar-refractivity contribution >= 4 is 12.0 Å². The molecule has 0 unspecified atom stereocenters. The number of aromatic nitrogens is 2. The van der Waals surface area contributed by atoms with E-state index in [1.165, 1.54) is 0 Å². The van der Waals surface area contributed by atoms with Crippen LogP contribution >= 0.6 is 0 Å². The van der Waals surface area contributed by atoms with Crippen molar-refractivity contribution in [2.24, 2.45) is 5.73 Å². The highest BCUT2D eigenvalue weighted by atomic mass is 16.3. The van der Waals surface area contributed by atoms with Crippen LogP contribution in [0.1, 0.15) is 29.9 Å². The van der Waals surface area contributed by atoms with Gasteiger partial charge in [0.25, 0.3) is 0 Å². The van der Waals surface area contributed by atoms with Crippen molar-refractivity contribution in [1.29, 1.82) is 0 Å². The molecule has 8 heteroatoms. The molecule has 0 saturated heterocycles. The topological polar surface area (TPSA) is 116 Å². The Balaban J connectivity index is 1.65. The number of nitrogens with zero attached hydrogens (tertiary/aromatic N) is 3. The number of fused-ring (bicyclic) bond motifs is 1. The first kappa shape index (κ1) is 18.1. The molecular formula is C18H24N6O2. The fraction of sp³-hybridized carbons (Fsp3) is 0.389. The van der Waals surface area contributed by atoms with E-state index in [2.05, 4.69) is 20.6 Å². The number of carbonyl (C=O) groups is 1. The molecular weight excluding hydrogens is 332 g/mol. The highest BCUT2D eigenvalue weighted by Crippen LogP contribution is 2.18. The molecule has 5 N–H and O–H groups in total. The second-order valence-corrected chi connectivity index (χ2v) is 6.40. The summed E-state index contributed by atoms with van der Waals surface area (Å²) in [5, 5.41) is 15.0. The zero-order valence-corrected chi connectivity index (χ0v) is 14.7. The van der Waals surface area contributed by atoms with Crippen LogP contribution in [-0.2, 0) is 13.0 Å². The normalized spacial score (nSPS) is 15.7. The van der Waals surface area contributed by atoms with Crippen molar-refractivity contribution < 1.29 is 9.90 Å². The summed E-state index contributed by atoms with van der Waals surface area (Å²) in [6, 6.07) is 9.08. The fourth-order valence-corrected chi connectivity index (χ4v) is 2.78. The molecule has 1 aliphatic heterocycles. The van der Waals surface area contributed by atoms with Crippen LogP contribution in [0, 0.1) is 0 Å². The van der Waals surface area contributed by atoms with Crippen LogP contribution < -0.4 is 16.4 Å². The van der Waals surface area contributed by atoms with Crippen LogP contribution in [0.5, 0.6) is 0 Å². The van der Waals surface area contributed by atoms with E-state index in [0.717, 1.165) is 16.8 Å². The summed E-state index contributed by atoms with van der Waals surface area (Å²) in [5.74, 6) is 0.452. The molecule has 2 amide bonds. The Morgan fingerprint density at radius 2 is 2.15 bits per heavy atom. The molecule has 1 aromatic heterocycles. The van der Waals surface area contributed by atoms with Crippen molar-refractivity contribution in [2.45, 2.75) is 32.1 Å². The maximum absolute atomic E-state index is 12.5. The molecule has 2 atom stereocenters. The number of rotatable bonds is 5. The molecule has 0 saturated carbocycles. The smallest absolute Gasteiger partial charge is 0.319 e. The van der Waals surface area contributed by atoms with Crippen LogP contribution in [0.3, 0.4) is 0 Å². The van der Waals surface area contributed by atoms with Gasteiger partial charge in [-0.1, -0.05) is 30.3 Å². The van der Waals surface area contributed by atoms with Gasteiger partial charge in [-0.3, -0.25) is 0 Å². The van der Waals surface area contributed by atoms with Crippen molar-refractivity contribution in [1.82, 2.24) is 20.2 Å². The predicted octanol–water partition coefficient (Wildman–Crippen LogP) is 0.995. The van der Waals surface area contributed by atoms with Gasteiger partial charge in [-0.2, -0.15) is 0 Å². The minimum atomic E-state index is -0.557. The van der Waals surface area contributed by atoms with E-state index in [1.54, 1.807) is 11.1 Å². The second-order valence-electron chi connectivity index (χ2n) is 6.40. The minimum Gasteiger partial charge on any atom is -0.394 e. The lowest BCUT2D eigenvalue weighted by Crippen LogP contribution is -2.46. The molecule has 26 heavy (non-hydrogen) atoms. The van der Waals surface area contributed by atoms with E-state index in [0.29, 0.717) is 25.5 Å². The van der Waals surface area contributed by atoms with Crippen LogP contribution in [0.4, 0.5) is 10.7 Å². The number of carbonyl (C=O) groups excluding carboxylic acids is 1. The number of nitrogens with one attached hydrogen (secondary N) is 2. The Morgan fingerprint density at radius 3 is 2.88 bits per heavy atom. The van der Waals surface area contributed by atoms with E-state index in [9.17, 15) is 4.79 Å². The zero-order chi connectivity index (χ0) is 18.5. The first-order chi connectivity index (χ1) is 12.6. The largest absolute Gasteiger partial charge is 0.394 e. The number of amides is 2. The van der Waals surface area contributed by atoms with Gasteiger partial charge in [0, 0.05) is 18.8 Å². The number of aliphatic hydroxyl groups excluding tert-OH is 1. The van der Waals surface area contributed by atoms with Gasteiger partial charge in [-0.05, 0) is 24.5 Å². The molecule has 2 aromatic rings. The van der Waals surface area contributed by atoms with Gasteiger partial charge in [0.1, 0.15) is 6.17 Å². The molecule has 0 aliphatic carbocycles. The van der Waals surface area contributed by atoms with Crippen LogP contribution in [-0.4, -0.2) is 45.2 Å². The maximum Gasteiger partial charge on any atom is 0.319 e. The quantitative estimate of drug-likeness (QED) is 0.594. The van der Waals surface area contributed by atoms with E-state index < -0.39 is 6.17 Å². The number of aliphatic hydroxyl groups is 1. The molecule has 2 heterocycles. The van der Waals surface area contributed by atoms with Crippen LogP contribution in [0.15, 0.2) is 36.5 Å². The summed E-state index contributed by atoms with van der Waals surface area (Å²) in [6.45, 7) is 2.82. The second kappa shape index (κ2) is 8.11. The molecule has 0 spiro atoms. The highest BCUT2D eigenvalue weighted by molar-refractivity contribution is 5.75. The summed E-state index contributed by atoms with van der Waals surface area (Å²) in [5.41, 5.74) is 8.76. The number of nitrogens with two attached hydrogens (primary N) is 1. The van der Waals surface area contributed by atoms with Gasteiger partial charge in [0.05, 0.1) is 18.8 Å². The third kappa shape index (κ3) is 4.27. The van der Waals surface area contributed by atoms with E-state index in [4.69, 9.17) is 10.8 Å². The Labute approximate surface area is 152 Å². The molecule has 138 valence electrons. The molecule has 8 nitrogen and oxygen atoms in total. The zero-order valence-electron chi connectivity index (χ0n) is 14.7. The Kier molecular flexibility index (Phi) is 5.65. The number of anilines is 1. The Hall–Kier alpha value is -2.71. The number of hydrogen-bond acceptors (Lipinski definition) is 6. The lowest BCUT2D eigenvalue weighted by Gasteiger charge is -2.29. The van der Waals surface area contributed by atoms with E-state index in [1.807, 2.05) is 37.3 Å². The average molecular weight is 356 g/mol. The summed E-state index contributed by atoms with van der Waals surface area (Å²) >= 11 is 0. The molecule has 0 bridgehead atoms. The predicted molar refractivity (Wildman–Crippen MR) is 98.2 cm³/mol. The molecule has 3 rings (SSSR count). The van der Waals surface area contributed by atoms with E-state index in [-0.39, 0.29) is 18.7 Å². The SMILES string of the molecule is C[C@@H](CO)Nc1ncc2c(n1)CN(C(=O)N[C@H](N)c1ccccc1)CC2. The van der Waals surface area contributed by atoms with Crippen LogP contribution in [0.2, 0.25) is 0 Å². The summed E-state index contributed by atoms with van der Waals surface area (Å²) < 4.78 is 0. The third-order valence-electron chi connectivity index (χ3n) is 4.32. The minimum absolute atomic E-state index is 0.00759. The van der Waals surface area contributed by atoms with Crippen molar-refractivity contribution in [3.8, 4) is 0 Å². The average Bonchev–Trinajstić information content (AvgIpc) is 2.67. The van der Waals surface area contributed by atoms with Crippen molar-refractivity contribution in [2.75, 3.05) is 18.5 Å². The lowest BCUT2D eigenvalue weighted by atomic mass is 10.1. The summed E-state index contributed by atoms with van der Waals surface area (Å²) in [6.07, 6.45) is 1.91. The molecule has 0 fully saturated rings. The van der Waals surface area contributed by atoms with Gasteiger partial charge in [0.15, 0.2) is 0 Å². The number of benzene rings is 1. The first-order valence-electron chi connectivity index (χ1n) is 8.65. The lowest BCUT2D eigenvalue weighted by molar-refractivity contribution is 0.187. The van der Waals surface area contributed by atoms with Crippen molar-refractivity contribution in [3.05, 3.63) is 53.3 Å². The monoisotopic (exact) mass is 356 g/mol. The van der Waals surface area contributed by atoms with Crippen LogP contribution in [0.25, 0.3) is 0 Å². The maximum atomic E-state index is 12.5. The van der Waals surface area contributed by atoms with Gasteiger partial charge in [-0.25, -0.2) is 14.8 Å². The summed E-state index contributed by atoms with van der Waals surface area (Å²) in [7, 11) is 0. The Morgan fingerprint density at radius 1 is 1.38 bits per heavy atom. The number of urea groups is 1. The molecule has 1 aliphatic rings. The fourth-order valence-electron chi connectivity index (χ4n) is 2.78. The summed E-state index contributed by atoms with van der Waals surface area (Å²) in [4.78, 5) is 23.0. The molecule has 0 radical (unpaired) electrons. The van der Waals surface area contributed by atoms with Gasteiger partial charge < -0.3 is 26.4 Å². The van der Waals surface area contributed by atoms with Gasteiger partial charge >= 0.3 is 6.03 Å². The van der Waals surface area contributed by atoms with Gasteiger partial charge in [0.2, 0.25) is 5.95 Å². The van der Waals surface area contributed by atoms with Gasteiger partial charge in [-0.15, -0.1) is 0 Å². The third-order valence-corrected chi connectivity index (χ3v) is 4.32.